The van der Waals surface area contributed by atoms with Crippen molar-refractivity contribution >= 4 is 0 Å². The van der Waals surface area contributed by atoms with E-state index in [-0.39, 0.29) is 11.9 Å². The molecule has 2 aromatic rings. The predicted octanol–water partition coefficient (Wildman–Crippen LogP) is 2.41. The SMILES string of the molecule is COc1cccc(F)c1C(C)NCc1cnc[nH]1. The summed E-state index contributed by atoms with van der Waals surface area (Å²) in [7, 11) is 1.54. The zero-order valence-electron chi connectivity index (χ0n) is 10.4. The molecule has 0 aliphatic heterocycles. The van der Waals surface area contributed by atoms with E-state index < -0.39 is 0 Å². The lowest BCUT2D eigenvalue weighted by molar-refractivity contribution is 0.393. The van der Waals surface area contributed by atoms with Crippen LogP contribution in [0.15, 0.2) is 30.7 Å². The fraction of sp³-hybridized carbons (Fsp3) is 0.308. The van der Waals surface area contributed by atoms with Gasteiger partial charge in [-0.25, -0.2) is 9.37 Å². The second-order valence-corrected chi connectivity index (χ2v) is 4.04. The lowest BCUT2D eigenvalue weighted by Crippen LogP contribution is -2.20. The smallest absolute Gasteiger partial charge is 0.131 e. The summed E-state index contributed by atoms with van der Waals surface area (Å²) in [6.07, 6.45) is 3.35. The van der Waals surface area contributed by atoms with Crippen molar-refractivity contribution in [2.45, 2.75) is 19.5 Å². The van der Waals surface area contributed by atoms with E-state index in [4.69, 9.17) is 4.74 Å². The Morgan fingerprint density at radius 1 is 1.50 bits per heavy atom. The molecule has 0 radical (unpaired) electrons. The van der Waals surface area contributed by atoms with Crippen LogP contribution in [0.4, 0.5) is 4.39 Å². The normalized spacial score (nSPS) is 12.4. The minimum Gasteiger partial charge on any atom is -0.496 e. The molecule has 0 spiro atoms. The lowest BCUT2D eigenvalue weighted by atomic mass is 10.1. The standard InChI is InChI=1S/C13H16FN3O/c1-9(16-7-10-6-15-8-17-10)13-11(14)4-3-5-12(13)18-2/h3-6,8-9,16H,7H2,1-2H3,(H,15,17). The van der Waals surface area contributed by atoms with E-state index in [1.807, 2.05) is 6.92 Å². The highest BCUT2D eigenvalue weighted by Gasteiger charge is 2.15. The third-order valence-corrected chi connectivity index (χ3v) is 2.82. The first-order valence-electron chi connectivity index (χ1n) is 5.75. The molecule has 5 heteroatoms. The molecule has 1 atom stereocenters. The number of nitrogens with zero attached hydrogens (tertiary/aromatic N) is 1. The number of hydrogen-bond acceptors (Lipinski definition) is 3. The molecule has 1 unspecified atom stereocenters. The van der Waals surface area contributed by atoms with E-state index in [1.54, 1.807) is 31.8 Å². The average molecular weight is 249 g/mol. The molecule has 0 saturated heterocycles. The summed E-state index contributed by atoms with van der Waals surface area (Å²) >= 11 is 0. The number of imidazole rings is 1. The van der Waals surface area contributed by atoms with Crippen LogP contribution in [0.3, 0.4) is 0 Å². The number of hydrogen-bond donors (Lipinski definition) is 2. The van der Waals surface area contributed by atoms with E-state index >= 15 is 0 Å². The van der Waals surface area contributed by atoms with E-state index in [9.17, 15) is 4.39 Å². The first kappa shape index (κ1) is 12.6. The van der Waals surface area contributed by atoms with Crippen molar-refractivity contribution in [3.8, 4) is 5.75 Å². The van der Waals surface area contributed by atoms with Crippen LogP contribution in [0.5, 0.6) is 5.75 Å². The van der Waals surface area contributed by atoms with Gasteiger partial charge in [0, 0.05) is 30.0 Å². The Morgan fingerprint density at radius 2 is 2.33 bits per heavy atom. The molecule has 1 heterocycles. The van der Waals surface area contributed by atoms with Crippen molar-refractivity contribution in [3.63, 3.8) is 0 Å². The lowest BCUT2D eigenvalue weighted by Gasteiger charge is -2.17. The molecule has 0 fully saturated rings. The van der Waals surface area contributed by atoms with E-state index in [0.29, 0.717) is 17.9 Å². The largest absolute Gasteiger partial charge is 0.496 e. The maximum absolute atomic E-state index is 13.8. The number of aromatic nitrogens is 2. The fourth-order valence-electron chi connectivity index (χ4n) is 1.86. The zero-order valence-corrected chi connectivity index (χ0v) is 10.4. The Bertz CT molecular complexity index is 499. The summed E-state index contributed by atoms with van der Waals surface area (Å²) in [4.78, 5) is 6.92. The van der Waals surface area contributed by atoms with Gasteiger partial charge in [0.05, 0.1) is 13.4 Å². The summed E-state index contributed by atoms with van der Waals surface area (Å²) in [5, 5.41) is 3.23. The number of halogens is 1. The van der Waals surface area contributed by atoms with Gasteiger partial charge in [-0.05, 0) is 19.1 Å². The monoisotopic (exact) mass is 249 g/mol. The maximum atomic E-state index is 13.8. The molecule has 0 aliphatic carbocycles. The quantitative estimate of drug-likeness (QED) is 0.855. The summed E-state index contributed by atoms with van der Waals surface area (Å²) in [5.41, 5.74) is 1.50. The van der Waals surface area contributed by atoms with Gasteiger partial charge in [-0.15, -0.1) is 0 Å². The van der Waals surface area contributed by atoms with Crippen LogP contribution in [0.2, 0.25) is 0 Å². The molecule has 96 valence electrons. The number of benzene rings is 1. The maximum Gasteiger partial charge on any atom is 0.131 e. The van der Waals surface area contributed by atoms with Crippen molar-refractivity contribution in [2.24, 2.45) is 0 Å². The van der Waals surface area contributed by atoms with Crippen LogP contribution < -0.4 is 10.1 Å². The fourth-order valence-corrected chi connectivity index (χ4v) is 1.86. The molecule has 0 amide bonds. The Hall–Kier alpha value is -1.88. The molecular weight excluding hydrogens is 233 g/mol. The van der Waals surface area contributed by atoms with Crippen LogP contribution in [0, 0.1) is 5.82 Å². The van der Waals surface area contributed by atoms with Gasteiger partial charge in [-0.2, -0.15) is 0 Å². The van der Waals surface area contributed by atoms with Crippen molar-refractivity contribution < 1.29 is 9.13 Å². The molecule has 18 heavy (non-hydrogen) atoms. The van der Waals surface area contributed by atoms with Gasteiger partial charge in [0.25, 0.3) is 0 Å². The summed E-state index contributed by atoms with van der Waals surface area (Å²) < 4.78 is 19.0. The second kappa shape index (κ2) is 5.64. The molecule has 2 N–H and O–H groups in total. The first-order valence-corrected chi connectivity index (χ1v) is 5.75. The number of aromatic amines is 1. The molecule has 0 bridgehead atoms. The highest BCUT2D eigenvalue weighted by Crippen LogP contribution is 2.27. The van der Waals surface area contributed by atoms with Gasteiger partial charge < -0.3 is 15.0 Å². The van der Waals surface area contributed by atoms with Gasteiger partial charge in [-0.1, -0.05) is 6.07 Å². The molecule has 0 saturated carbocycles. The van der Waals surface area contributed by atoms with Gasteiger partial charge in [0.1, 0.15) is 11.6 Å². The topological polar surface area (TPSA) is 49.9 Å². The Morgan fingerprint density at radius 3 is 3.00 bits per heavy atom. The minimum absolute atomic E-state index is 0.149. The molecule has 4 nitrogen and oxygen atoms in total. The Labute approximate surface area is 105 Å². The first-order chi connectivity index (χ1) is 8.72. The van der Waals surface area contributed by atoms with Crippen molar-refractivity contribution in [1.82, 2.24) is 15.3 Å². The average Bonchev–Trinajstić information content (AvgIpc) is 2.88. The third kappa shape index (κ3) is 2.68. The van der Waals surface area contributed by atoms with Crippen LogP contribution in [0.25, 0.3) is 0 Å². The molecule has 0 aliphatic rings. The van der Waals surface area contributed by atoms with Gasteiger partial charge in [0.15, 0.2) is 0 Å². The van der Waals surface area contributed by atoms with Crippen LogP contribution >= 0.6 is 0 Å². The van der Waals surface area contributed by atoms with Crippen molar-refractivity contribution in [2.75, 3.05) is 7.11 Å². The van der Waals surface area contributed by atoms with E-state index in [0.717, 1.165) is 5.69 Å². The zero-order chi connectivity index (χ0) is 13.0. The third-order valence-electron chi connectivity index (χ3n) is 2.82. The van der Waals surface area contributed by atoms with Crippen molar-refractivity contribution in [3.05, 3.63) is 47.8 Å². The molecule has 1 aromatic heterocycles. The number of rotatable bonds is 5. The highest BCUT2D eigenvalue weighted by molar-refractivity contribution is 5.36. The van der Waals surface area contributed by atoms with Crippen LogP contribution in [-0.2, 0) is 6.54 Å². The number of H-pyrrole nitrogens is 1. The van der Waals surface area contributed by atoms with Gasteiger partial charge in [0.2, 0.25) is 0 Å². The Balaban J connectivity index is 2.10. The molecule has 2 rings (SSSR count). The van der Waals surface area contributed by atoms with E-state index in [2.05, 4.69) is 15.3 Å². The molecule has 1 aromatic carbocycles. The molecular formula is C13H16FN3O. The number of nitrogens with one attached hydrogen (secondary N) is 2. The summed E-state index contributed by atoms with van der Waals surface area (Å²) in [6.45, 7) is 2.50. The predicted molar refractivity (Wildman–Crippen MR) is 66.8 cm³/mol. The van der Waals surface area contributed by atoms with E-state index in [1.165, 1.54) is 6.07 Å². The number of methoxy groups -OCH3 is 1. The van der Waals surface area contributed by atoms with Gasteiger partial charge >= 0.3 is 0 Å². The number of ether oxygens (including phenoxy) is 1. The second-order valence-electron chi connectivity index (χ2n) is 4.04. The Kier molecular flexibility index (Phi) is 3.94. The van der Waals surface area contributed by atoms with Crippen molar-refractivity contribution in [1.29, 1.82) is 0 Å². The summed E-state index contributed by atoms with van der Waals surface area (Å²) in [6, 6.07) is 4.68. The summed E-state index contributed by atoms with van der Waals surface area (Å²) in [5.74, 6) is 0.290. The van der Waals surface area contributed by atoms with Gasteiger partial charge in [-0.3, -0.25) is 0 Å². The minimum atomic E-state index is -0.265. The van der Waals surface area contributed by atoms with Crippen LogP contribution in [-0.4, -0.2) is 17.1 Å². The highest BCUT2D eigenvalue weighted by atomic mass is 19.1. The van der Waals surface area contributed by atoms with Crippen LogP contribution in [0.1, 0.15) is 24.2 Å².